The van der Waals surface area contributed by atoms with Gasteiger partial charge in [0.25, 0.3) is 0 Å². The van der Waals surface area contributed by atoms with Crippen molar-refractivity contribution in [3.63, 3.8) is 0 Å². The summed E-state index contributed by atoms with van der Waals surface area (Å²) >= 11 is 0. The quantitative estimate of drug-likeness (QED) is 0.266. The SMILES string of the molecule is CN(C)C/C=C/C(=O)N1CCCC(C#Cc2c(-c3ccc(Oc4ccccc4)cc3)c3c(N)ncnc3n2C)CC1. The van der Waals surface area contributed by atoms with Crippen molar-refractivity contribution in [1.29, 1.82) is 0 Å². The monoisotopic (exact) mass is 548 g/mol. The summed E-state index contributed by atoms with van der Waals surface area (Å²) < 4.78 is 7.99. The van der Waals surface area contributed by atoms with Gasteiger partial charge in [0.05, 0.1) is 5.39 Å². The zero-order valence-electron chi connectivity index (χ0n) is 23.9. The molecule has 8 heteroatoms. The maximum Gasteiger partial charge on any atom is 0.246 e. The number of carbonyl (C=O) groups is 1. The highest BCUT2D eigenvalue weighted by atomic mass is 16.5. The molecule has 0 spiro atoms. The molecule has 8 nitrogen and oxygen atoms in total. The minimum atomic E-state index is 0.0742. The van der Waals surface area contributed by atoms with Gasteiger partial charge in [-0.1, -0.05) is 42.3 Å². The number of nitrogens with two attached hydrogens (primary N) is 1. The van der Waals surface area contributed by atoms with Gasteiger partial charge in [0.1, 0.15) is 35.0 Å². The number of ether oxygens (including phenoxy) is 1. The number of likely N-dealkylation sites (N-methyl/N-ethyl adjacent to an activating group) is 1. The fraction of sp³-hybridized carbons (Fsp3) is 0.303. The van der Waals surface area contributed by atoms with E-state index in [0.29, 0.717) is 12.4 Å². The number of rotatable bonds is 6. The van der Waals surface area contributed by atoms with Crippen LogP contribution in [0.25, 0.3) is 22.2 Å². The number of aryl methyl sites for hydroxylation is 1. The minimum absolute atomic E-state index is 0.0742. The summed E-state index contributed by atoms with van der Waals surface area (Å²) in [5.41, 5.74) is 9.83. The number of nitrogens with zero attached hydrogens (tertiary/aromatic N) is 5. The van der Waals surface area contributed by atoms with Crippen LogP contribution in [0.4, 0.5) is 5.82 Å². The van der Waals surface area contributed by atoms with Gasteiger partial charge in [-0.25, -0.2) is 9.97 Å². The first-order valence-corrected chi connectivity index (χ1v) is 13.9. The first-order chi connectivity index (χ1) is 19.9. The Hall–Kier alpha value is -4.61. The summed E-state index contributed by atoms with van der Waals surface area (Å²) in [6.45, 7) is 2.21. The lowest BCUT2D eigenvalue weighted by Gasteiger charge is -2.18. The van der Waals surface area contributed by atoms with Crippen molar-refractivity contribution in [3.8, 4) is 34.5 Å². The van der Waals surface area contributed by atoms with E-state index in [2.05, 4.69) is 21.8 Å². The molecule has 3 heterocycles. The lowest BCUT2D eigenvalue weighted by Crippen LogP contribution is -2.30. The Labute approximate surface area is 241 Å². The molecule has 0 radical (unpaired) electrons. The third kappa shape index (κ3) is 6.59. The second kappa shape index (κ2) is 12.7. The Kier molecular flexibility index (Phi) is 8.66. The number of hydrogen-bond acceptors (Lipinski definition) is 6. The zero-order chi connectivity index (χ0) is 28.8. The van der Waals surface area contributed by atoms with Gasteiger partial charge < -0.3 is 24.8 Å². The zero-order valence-corrected chi connectivity index (χ0v) is 23.9. The lowest BCUT2D eigenvalue weighted by molar-refractivity contribution is -0.126. The second-order valence-electron chi connectivity index (χ2n) is 10.6. The maximum atomic E-state index is 12.7. The van der Waals surface area contributed by atoms with Gasteiger partial charge in [-0.2, -0.15) is 0 Å². The Morgan fingerprint density at radius 2 is 1.83 bits per heavy atom. The number of benzene rings is 2. The molecule has 2 N–H and O–H groups in total. The summed E-state index contributed by atoms with van der Waals surface area (Å²) in [7, 11) is 5.94. The van der Waals surface area contributed by atoms with Gasteiger partial charge in [0.2, 0.25) is 5.91 Å². The van der Waals surface area contributed by atoms with E-state index in [1.807, 2.05) is 96.2 Å². The van der Waals surface area contributed by atoms with E-state index in [4.69, 9.17) is 10.5 Å². The van der Waals surface area contributed by atoms with Gasteiger partial charge in [-0.15, -0.1) is 0 Å². The first-order valence-electron chi connectivity index (χ1n) is 13.9. The Balaban J connectivity index is 1.40. The smallest absolute Gasteiger partial charge is 0.246 e. The number of fused-ring (bicyclic) bond motifs is 1. The van der Waals surface area contributed by atoms with Crippen LogP contribution in [0.5, 0.6) is 11.5 Å². The van der Waals surface area contributed by atoms with Crippen LogP contribution in [-0.4, -0.2) is 64.0 Å². The molecule has 41 heavy (non-hydrogen) atoms. The van der Waals surface area contributed by atoms with Crippen molar-refractivity contribution in [2.45, 2.75) is 19.3 Å². The van der Waals surface area contributed by atoms with Crippen LogP contribution in [0.15, 0.2) is 73.1 Å². The minimum Gasteiger partial charge on any atom is -0.457 e. The highest BCUT2D eigenvalue weighted by Gasteiger charge is 2.21. The van der Waals surface area contributed by atoms with E-state index in [9.17, 15) is 4.79 Å². The topological polar surface area (TPSA) is 89.5 Å². The average molecular weight is 549 g/mol. The van der Waals surface area contributed by atoms with E-state index in [-0.39, 0.29) is 11.8 Å². The number of amides is 1. The summed E-state index contributed by atoms with van der Waals surface area (Å²) in [4.78, 5) is 25.4. The molecule has 210 valence electrons. The van der Waals surface area contributed by atoms with Gasteiger partial charge in [-0.05, 0) is 69.1 Å². The van der Waals surface area contributed by atoms with Crippen molar-refractivity contribution in [2.24, 2.45) is 13.0 Å². The summed E-state index contributed by atoms with van der Waals surface area (Å²) in [6.07, 6.45) is 7.81. The fourth-order valence-corrected chi connectivity index (χ4v) is 5.12. The molecule has 1 aliphatic rings. The molecule has 0 bridgehead atoms. The van der Waals surface area contributed by atoms with Gasteiger partial charge >= 0.3 is 0 Å². The third-order valence-corrected chi connectivity index (χ3v) is 7.28. The van der Waals surface area contributed by atoms with Crippen LogP contribution in [0.3, 0.4) is 0 Å². The highest BCUT2D eigenvalue weighted by molar-refractivity contribution is 6.03. The van der Waals surface area contributed by atoms with E-state index < -0.39 is 0 Å². The molecule has 1 aliphatic heterocycles. The van der Waals surface area contributed by atoms with Gasteiger partial charge in [0.15, 0.2) is 0 Å². The standard InChI is InChI=1S/C33H36N6O2/c1-37(2)20-8-12-29(40)39-21-7-9-24(19-22-39)13-18-28-30(31-32(34)35-23-36-33(31)38(28)3)25-14-16-27(17-15-25)41-26-10-5-4-6-11-26/h4-6,8,10-12,14-17,23-24H,7,9,19-22H2,1-3H3,(H2,34,35,36)/b12-8+. The highest BCUT2D eigenvalue weighted by Crippen LogP contribution is 2.37. The Morgan fingerprint density at radius 1 is 1.07 bits per heavy atom. The molecule has 1 saturated heterocycles. The van der Waals surface area contributed by atoms with Crippen LogP contribution < -0.4 is 10.5 Å². The van der Waals surface area contributed by atoms with Crippen LogP contribution in [0, 0.1) is 17.8 Å². The van der Waals surface area contributed by atoms with Crippen molar-refractivity contribution in [1.82, 2.24) is 24.3 Å². The molecular formula is C33H36N6O2. The molecule has 1 atom stereocenters. The number of nitrogen functional groups attached to an aromatic ring is 1. The molecular weight excluding hydrogens is 512 g/mol. The van der Waals surface area contributed by atoms with Crippen molar-refractivity contribution in [2.75, 3.05) is 39.5 Å². The molecule has 0 saturated carbocycles. The van der Waals surface area contributed by atoms with Crippen molar-refractivity contribution in [3.05, 3.63) is 78.8 Å². The first kappa shape index (κ1) is 27.9. The summed E-state index contributed by atoms with van der Waals surface area (Å²) in [6, 6.07) is 17.6. The average Bonchev–Trinajstić information content (AvgIpc) is 3.10. The molecule has 1 unspecified atom stereocenters. The molecule has 2 aromatic carbocycles. The van der Waals surface area contributed by atoms with Gasteiger partial charge in [0, 0.05) is 44.2 Å². The maximum absolute atomic E-state index is 12.7. The Bertz CT molecular complexity index is 1600. The van der Waals surface area contributed by atoms with Crippen molar-refractivity contribution >= 4 is 22.8 Å². The van der Waals surface area contributed by atoms with Crippen LogP contribution >= 0.6 is 0 Å². The predicted octanol–water partition coefficient (Wildman–Crippen LogP) is 5.11. The van der Waals surface area contributed by atoms with Crippen LogP contribution in [0.1, 0.15) is 25.0 Å². The molecule has 0 aliphatic carbocycles. The van der Waals surface area contributed by atoms with E-state index >= 15 is 0 Å². The third-order valence-electron chi connectivity index (χ3n) is 7.28. The number of aromatic nitrogens is 3. The molecule has 5 rings (SSSR count). The van der Waals surface area contributed by atoms with E-state index in [0.717, 1.165) is 71.7 Å². The van der Waals surface area contributed by atoms with Crippen LogP contribution in [0.2, 0.25) is 0 Å². The van der Waals surface area contributed by atoms with E-state index in [1.165, 1.54) is 6.33 Å². The molecule has 1 amide bonds. The molecule has 4 aromatic rings. The second-order valence-corrected chi connectivity index (χ2v) is 10.6. The van der Waals surface area contributed by atoms with Gasteiger partial charge in [-0.3, -0.25) is 4.79 Å². The largest absolute Gasteiger partial charge is 0.457 e. The molecule has 1 fully saturated rings. The fourth-order valence-electron chi connectivity index (χ4n) is 5.12. The number of carbonyl (C=O) groups excluding carboxylic acids is 1. The van der Waals surface area contributed by atoms with Crippen LogP contribution in [-0.2, 0) is 11.8 Å². The predicted molar refractivity (Wildman–Crippen MR) is 163 cm³/mol. The van der Waals surface area contributed by atoms with E-state index in [1.54, 1.807) is 6.08 Å². The molecule has 2 aromatic heterocycles. The number of likely N-dealkylation sites (tertiary alicyclic amines) is 1. The Morgan fingerprint density at radius 3 is 2.59 bits per heavy atom. The lowest BCUT2D eigenvalue weighted by atomic mass is 9.99. The number of para-hydroxylation sites is 1. The summed E-state index contributed by atoms with van der Waals surface area (Å²) in [5, 5.41) is 0.790. The van der Waals surface area contributed by atoms with Crippen molar-refractivity contribution < 1.29 is 9.53 Å². The number of anilines is 1. The summed E-state index contributed by atoms with van der Waals surface area (Å²) in [5.74, 6) is 9.21. The normalized spacial score (nSPS) is 15.6. The number of hydrogen-bond donors (Lipinski definition) is 1.